The van der Waals surface area contributed by atoms with Gasteiger partial charge in [0.25, 0.3) is 0 Å². The molecule has 2 atom stereocenters. The molecule has 18 heavy (non-hydrogen) atoms. The molecule has 2 unspecified atom stereocenters. The Kier molecular flexibility index (Phi) is 4.49. The maximum Gasteiger partial charge on any atom is 0.237 e. The predicted molar refractivity (Wildman–Crippen MR) is 74.3 cm³/mol. The molecule has 0 saturated carbocycles. The minimum atomic E-state index is -0.179. The minimum absolute atomic E-state index is 0.0473. The summed E-state index contributed by atoms with van der Waals surface area (Å²) in [6.07, 6.45) is 0.930. The molecule has 0 aromatic heterocycles. The van der Waals surface area contributed by atoms with E-state index in [1.165, 1.54) is 0 Å². The molecule has 0 bridgehead atoms. The highest BCUT2D eigenvalue weighted by Crippen LogP contribution is 2.32. The van der Waals surface area contributed by atoms with E-state index >= 15 is 0 Å². The summed E-state index contributed by atoms with van der Waals surface area (Å²) in [4.78, 5) is 11.9. The molecular weight excluding hydrogens is 271 g/mol. The summed E-state index contributed by atoms with van der Waals surface area (Å²) in [5.41, 5.74) is 1.06. The van der Waals surface area contributed by atoms with Crippen molar-refractivity contribution < 1.29 is 4.79 Å². The molecule has 1 aromatic carbocycles. The van der Waals surface area contributed by atoms with Crippen LogP contribution in [0.1, 0.15) is 24.8 Å². The fourth-order valence-corrected chi connectivity index (χ4v) is 2.67. The zero-order valence-corrected chi connectivity index (χ0v) is 11.7. The quantitative estimate of drug-likeness (QED) is 0.897. The van der Waals surface area contributed by atoms with Crippen molar-refractivity contribution in [1.29, 1.82) is 0 Å². The lowest BCUT2D eigenvalue weighted by Gasteiger charge is -2.19. The number of carbonyl (C=O) groups excluding carboxylic acids is 1. The maximum atomic E-state index is 11.9. The van der Waals surface area contributed by atoms with Gasteiger partial charge in [-0.1, -0.05) is 29.3 Å². The molecule has 1 amide bonds. The number of rotatable bonds is 3. The van der Waals surface area contributed by atoms with E-state index in [9.17, 15) is 4.79 Å². The van der Waals surface area contributed by atoms with E-state index in [2.05, 4.69) is 10.6 Å². The molecule has 98 valence electrons. The van der Waals surface area contributed by atoms with Crippen LogP contribution in [-0.2, 0) is 4.79 Å². The van der Waals surface area contributed by atoms with Crippen LogP contribution in [0.5, 0.6) is 0 Å². The number of hydrogen-bond donors (Lipinski definition) is 2. The smallest absolute Gasteiger partial charge is 0.237 e. The Morgan fingerprint density at radius 3 is 2.89 bits per heavy atom. The van der Waals surface area contributed by atoms with Crippen LogP contribution < -0.4 is 10.6 Å². The summed E-state index contributed by atoms with van der Waals surface area (Å²) in [6.45, 7) is 3.40. The number of benzene rings is 1. The Morgan fingerprint density at radius 1 is 1.44 bits per heavy atom. The van der Waals surface area contributed by atoms with E-state index in [0.717, 1.165) is 18.5 Å². The number of hydrogen-bond acceptors (Lipinski definition) is 2. The van der Waals surface area contributed by atoms with E-state index in [0.29, 0.717) is 16.6 Å². The van der Waals surface area contributed by atoms with E-state index in [4.69, 9.17) is 23.2 Å². The third-order valence-electron chi connectivity index (χ3n) is 3.23. The predicted octanol–water partition coefficient (Wildman–Crippen LogP) is 2.58. The van der Waals surface area contributed by atoms with Crippen LogP contribution in [0.2, 0.25) is 10.0 Å². The standard InChI is InChI=1S/C13H16Cl2N2O/c1-2-16-13(18)12-9(5-6-17-12)8-3-4-10(14)11(15)7-8/h3-4,7,9,12,17H,2,5-6H2,1H3,(H,16,18). The highest BCUT2D eigenvalue weighted by Gasteiger charge is 2.33. The third-order valence-corrected chi connectivity index (χ3v) is 3.97. The second kappa shape index (κ2) is 5.91. The summed E-state index contributed by atoms with van der Waals surface area (Å²) in [6, 6.07) is 5.40. The number of carbonyl (C=O) groups is 1. The van der Waals surface area contributed by atoms with Gasteiger partial charge in [-0.2, -0.15) is 0 Å². The van der Waals surface area contributed by atoms with Gasteiger partial charge in [0, 0.05) is 12.5 Å². The lowest BCUT2D eigenvalue weighted by atomic mass is 9.91. The van der Waals surface area contributed by atoms with Crippen LogP contribution in [0.3, 0.4) is 0 Å². The van der Waals surface area contributed by atoms with Crippen molar-refractivity contribution in [2.24, 2.45) is 0 Å². The number of likely N-dealkylation sites (N-methyl/N-ethyl adjacent to an activating group) is 1. The second-order valence-electron chi connectivity index (χ2n) is 4.40. The molecule has 0 radical (unpaired) electrons. The van der Waals surface area contributed by atoms with Crippen LogP contribution in [0.4, 0.5) is 0 Å². The summed E-state index contributed by atoms with van der Waals surface area (Å²) < 4.78 is 0. The molecule has 1 aliphatic heterocycles. The summed E-state index contributed by atoms with van der Waals surface area (Å²) in [5, 5.41) is 7.17. The number of halogens is 2. The highest BCUT2D eigenvalue weighted by molar-refractivity contribution is 6.42. The van der Waals surface area contributed by atoms with Crippen LogP contribution in [0, 0.1) is 0 Å². The fraction of sp³-hybridized carbons (Fsp3) is 0.462. The first kappa shape index (κ1) is 13.7. The largest absolute Gasteiger partial charge is 0.355 e. The maximum absolute atomic E-state index is 11.9. The average molecular weight is 287 g/mol. The lowest BCUT2D eigenvalue weighted by molar-refractivity contribution is -0.123. The summed E-state index contributed by atoms with van der Waals surface area (Å²) in [5.74, 6) is 0.206. The van der Waals surface area contributed by atoms with E-state index < -0.39 is 0 Å². The highest BCUT2D eigenvalue weighted by atomic mass is 35.5. The third kappa shape index (κ3) is 2.79. The van der Waals surface area contributed by atoms with Gasteiger partial charge in [-0.15, -0.1) is 0 Å². The molecule has 5 heteroatoms. The van der Waals surface area contributed by atoms with Crippen molar-refractivity contribution in [3.8, 4) is 0 Å². The minimum Gasteiger partial charge on any atom is -0.355 e. The Hall–Kier alpha value is -0.770. The summed E-state index contributed by atoms with van der Waals surface area (Å²) >= 11 is 11.9. The van der Waals surface area contributed by atoms with Crippen LogP contribution >= 0.6 is 23.2 Å². The van der Waals surface area contributed by atoms with Gasteiger partial charge in [0.2, 0.25) is 5.91 Å². The van der Waals surface area contributed by atoms with Crippen molar-refractivity contribution in [3.63, 3.8) is 0 Å². The molecule has 2 rings (SSSR count). The molecule has 1 fully saturated rings. The molecule has 0 aliphatic carbocycles. The van der Waals surface area contributed by atoms with Crippen molar-refractivity contribution >= 4 is 29.1 Å². The first-order valence-electron chi connectivity index (χ1n) is 6.09. The van der Waals surface area contributed by atoms with Crippen LogP contribution in [0.15, 0.2) is 18.2 Å². The SMILES string of the molecule is CCNC(=O)C1NCCC1c1ccc(Cl)c(Cl)c1. The molecule has 3 nitrogen and oxygen atoms in total. The van der Waals surface area contributed by atoms with Crippen LogP contribution in [-0.4, -0.2) is 25.0 Å². The first-order chi connectivity index (χ1) is 8.63. The van der Waals surface area contributed by atoms with Crippen molar-refractivity contribution in [1.82, 2.24) is 10.6 Å². The van der Waals surface area contributed by atoms with Gasteiger partial charge >= 0.3 is 0 Å². The molecule has 1 aromatic rings. The van der Waals surface area contributed by atoms with Gasteiger partial charge in [-0.3, -0.25) is 4.79 Å². The zero-order chi connectivity index (χ0) is 13.1. The van der Waals surface area contributed by atoms with Crippen molar-refractivity contribution in [2.45, 2.75) is 25.3 Å². The normalized spacial score (nSPS) is 23.1. The molecule has 1 heterocycles. The van der Waals surface area contributed by atoms with Gasteiger partial charge in [0.15, 0.2) is 0 Å². The molecular formula is C13H16Cl2N2O. The van der Waals surface area contributed by atoms with E-state index in [-0.39, 0.29) is 17.9 Å². The van der Waals surface area contributed by atoms with Gasteiger partial charge in [-0.25, -0.2) is 0 Å². The Bertz CT molecular complexity index is 451. The molecule has 1 aliphatic rings. The Balaban J connectivity index is 2.20. The first-order valence-corrected chi connectivity index (χ1v) is 6.85. The van der Waals surface area contributed by atoms with Gasteiger partial charge in [0.05, 0.1) is 16.1 Å². The second-order valence-corrected chi connectivity index (χ2v) is 5.21. The molecule has 1 saturated heterocycles. The summed E-state index contributed by atoms with van der Waals surface area (Å²) in [7, 11) is 0. The topological polar surface area (TPSA) is 41.1 Å². The lowest BCUT2D eigenvalue weighted by Crippen LogP contribution is -2.43. The zero-order valence-electron chi connectivity index (χ0n) is 10.2. The van der Waals surface area contributed by atoms with Gasteiger partial charge in [0.1, 0.15) is 0 Å². The Labute approximate surface area is 117 Å². The average Bonchev–Trinajstić information content (AvgIpc) is 2.82. The van der Waals surface area contributed by atoms with E-state index in [1.54, 1.807) is 6.07 Å². The monoisotopic (exact) mass is 286 g/mol. The van der Waals surface area contributed by atoms with Crippen molar-refractivity contribution in [2.75, 3.05) is 13.1 Å². The number of amides is 1. The van der Waals surface area contributed by atoms with E-state index in [1.807, 2.05) is 19.1 Å². The van der Waals surface area contributed by atoms with Crippen LogP contribution in [0.25, 0.3) is 0 Å². The van der Waals surface area contributed by atoms with Gasteiger partial charge < -0.3 is 10.6 Å². The Morgan fingerprint density at radius 2 is 2.22 bits per heavy atom. The molecule has 2 N–H and O–H groups in total. The van der Waals surface area contributed by atoms with Gasteiger partial charge in [-0.05, 0) is 37.6 Å². The number of nitrogens with one attached hydrogen (secondary N) is 2. The molecule has 0 spiro atoms. The van der Waals surface area contributed by atoms with Crippen molar-refractivity contribution in [3.05, 3.63) is 33.8 Å². The fourth-order valence-electron chi connectivity index (χ4n) is 2.37.